The number of aryl methyl sites for hydroxylation is 1. The second-order valence-electron chi connectivity index (χ2n) is 6.37. The van der Waals surface area contributed by atoms with E-state index >= 15 is 0 Å². The summed E-state index contributed by atoms with van der Waals surface area (Å²) in [6, 6.07) is 6.87. The molecule has 1 N–H and O–H groups in total. The molecule has 0 amide bonds. The number of methoxy groups -OCH3 is 1. The molecule has 0 spiro atoms. The standard InChI is InChI=1S/C18H29NO2/c1-14-8-9-18(21-3)16(11-14)13-19-10-6-4-5-7-17(19)12-15(2)20/h8-9,11,15,17,20H,4-7,10,12-13H2,1-3H3. The molecular weight excluding hydrogens is 262 g/mol. The van der Waals surface area contributed by atoms with E-state index in [-0.39, 0.29) is 6.10 Å². The van der Waals surface area contributed by atoms with Gasteiger partial charge in [0.25, 0.3) is 0 Å². The Labute approximate surface area is 128 Å². The summed E-state index contributed by atoms with van der Waals surface area (Å²) in [6.07, 6.45) is 5.67. The third kappa shape index (κ3) is 4.72. The minimum absolute atomic E-state index is 0.227. The van der Waals surface area contributed by atoms with Crippen molar-refractivity contribution in [1.29, 1.82) is 0 Å². The number of aliphatic hydroxyl groups excluding tert-OH is 1. The van der Waals surface area contributed by atoms with E-state index in [1.54, 1.807) is 7.11 Å². The SMILES string of the molecule is COc1ccc(C)cc1CN1CCCCCC1CC(C)O. The van der Waals surface area contributed by atoms with Crippen LogP contribution in [-0.4, -0.2) is 35.8 Å². The van der Waals surface area contributed by atoms with Crippen molar-refractivity contribution in [2.24, 2.45) is 0 Å². The predicted molar refractivity (Wildman–Crippen MR) is 86.7 cm³/mol. The van der Waals surface area contributed by atoms with Crippen molar-refractivity contribution in [1.82, 2.24) is 4.90 Å². The molecule has 1 aliphatic heterocycles. The second kappa shape index (κ2) is 7.81. The van der Waals surface area contributed by atoms with Crippen LogP contribution in [0.15, 0.2) is 18.2 Å². The van der Waals surface area contributed by atoms with Crippen LogP contribution in [0.2, 0.25) is 0 Å². The molecule has 1 fully saturated rings. The van der Waals surface area contributed by atoms with Crippen LogP contribution in [0.5, 0.6) is 5.75 Å². The first-order chi connectivity index (χ1) is 10.1. The first-order valence-corrected chi connectivity index (χ1v) is 8.15. The summed E-state index contributed by atoms with van der Waals surface area (Å²) < 4.78 is 5.51. The average Bonchev–Trinajstić information content (AvgIpc) is 2.64. The van der Waals surface area contributed by atoms with E-state index < -0.39 is 0 Å². The zero-order chi connectivity index (χ0) is 15.2. The van der Waals surface area contributed by atoms with Gasteiger partial charge in [-0.1, -0.05) is 30.5 Å². The van der Waals surface area contributed by atoms with Crippen LogP contribution in [0.1, 0.15) is 50.2 Å². The van der Waals surface area contributed by atoms with E-state index in [4.69, 9.17) is 4.74 Å². The van der Waals surface area contributed by atoms with Crippen molar-refractivity contribution in [3.05, 3.63) is 29.3 Å². The molecule has 0 bridgehead atoms. The van der Waals surface area contributed by atoms with Gasteiger partial charge in [0.05, 0.1) is 13.2 Å². The maximum atomic E-state index is 9.77. The lowest BCUT2D eigenvalue weighted by molar-refractivity contribution is 0.107. The minimum Gasteiger partial charge on any atom is -0.496 e. The van der Waals surface area contributed by atoms with Gasteiger partial charge < -0.3 is 9.84 Å². The highest BCUT2D eigenvalue weighted by atomic mass is 16.5. The molecule has 3 nitrogen and oxygen atoms in total. The molecule has 1 aromatic carbocycles. The Morgan fingerprint density at radius 1 is 1.33 bits per heavy atom. The molecule has 2 unspecified atom stereocenters. The summed E-state index contributed by atoms with van der Waals surface area (Å²) in [5.74, 6) is 0.973. The maximum absolute atomic E-state index is 9.77. The summed E-state index contributed by atoms with van der Waals surface area (Å²) in [5.41, 5.74) is 2.53. The van der Waals surface area contributed by atoms with E-state index in [1.807, 2.05) is 6.92 Å². The summed E-state index contributed by atoms with van der Waals surface area (Å²) in [7, 11) is 1.74. The largest absolute Gasteiger partial charge is 0.496 e. The van der Waals surface area contributed by atoms with Crippen LogP contribution >= 0.6 is 0 Å². The van der Waals surface area contributed by atoms with Gasteiger partial charge >= 0.3 is 0 Å². The van der Waals surface area contributed by atoms with Gasteiger partial charge in [0.2, 0.25) is 0 Å². The third-order valence-electron chi connectivity index (χ3n) is 4.42. The second-order valence-corrected chi connectivity index (χ2v) is 6.37. The highest BCUT2D eigenvalue weighted by molar-refractivity contribution is 5.36. The van der Waals surface area contributed by atoms with E-state index in [2.05, 4.69) is 30.0 Å². The molecule has 3 heteroatoms. The number of likely N-dealkylation sites (tertiary alicyclic amines) is 1. The van der Waals surface area contributed by atoms with Crippen molar-refractivity contribution in [2.45, 2.75) is 64.6 Å². The van der Waals surface area contributed by atoms with Crippen LogP contribution in [0.25, 0.3) is 0 Å². The smallest absolute Gasteiger partial charge is 0.123 e. The Bertz CT molecular complexity index is 445. The van der Waals surface area contributed by atoms with Crippen LogP contribution in [0.4, 0.5) is 0 Å². The number of hydrogen-bond acceptors (Lipinski definition) is 3. The van der Waals surface area contributed by atoms with Gasteiger partial charge in [0, 0.05) is 18.2 Å². The quantitative estimate of drug-likeness (QED) is 0.901. The first kappa shape index (κ1) is 16.3. The van der Waals surface area contributed by atoms with E-state index in [1.165, 1.54) is 36.8 Å². The number of rotatable bonds is 5. The zero-order valence-electron chi connectivity index (χ0n) is 13.6. The molecule has 0 aliphatic carbocycles. The van der Waals surface area contributed by atoms with Crippen molar-refractivity contribution in [3.8, 4) is 5.75 Å². The number of hydrogen-bond donors (Lipinski definition) is 1. The van der Waals surface area contributed by atoms with Gasteiger partial charge in [-0.15, -0.1) is 0 Å². The van der Waals surface area contributed by atoms with Crippen LogP contribution in [0.3, 0.4) is 0 Å². The molecule has 0 saturated carbocycles. The van der Waals surface area contributed by atoms with Gasteiger partial charge in [-0.05, 0) is 45.7 Å². The van der Waals surface area contributed by atoms with Crippen LogP contribution < -0.4 is 4.74 Å². The summed E-state index contributed by atoms with van der Waals surface area (Å²) >= 11 is 0. The number of benzene rings is 1. The molecule has 1 saturated heterocycles. The molecule has 1 heterocycles. The fraction of sp³-hybridized carbons (Fsp3) is 0.667. The highest BCUT2D eigenvalue weighted by Crippen LogP contribution is 2.26. The Balaban J connectivity index is 2.15. The molecule has 1 aliphatic rings. The molecule has 2 atom stereocenters. The van der Waals surface area contributed by atoms with Crippen molar-refractivity contribution in [2.75, 3.05) is 13.7 Å². The molecule has 21 heavy (non-hydrogen) atoms. The lowest BCUT2D eigenvalue weighted by atomic mass is 10.0. The molecule has 0 aromatic heterocycles. The Hall–Kier alpha value is -1.06. The van der Waals surface area contributed by atoms with Gasteiger partial charge in [0.15, 0.2) is 0 Å². The zero-order valence-corrected chi connectivity index (χ0v) is 13.6. The first-order valence-electron chi connectivity index (χ1n) is 8.15. The van der Waals surface area contributed by atoms with E-state index in [9.17, 15) is 5.11 Å². The van der Waals surface area contributed by atoms with E-state index in [0.717, 1.165) is 25.3 Å². The van der Waals surface area contributed by atoms with Crippen LogP contribution in [-0.2, 0) is 6.54 Å². The topological polar surface area (TPSA) is 32.7 Å². The lowest BCUT2D eigenvalue weighted by Gasteiger charge is -2.31. The number of nitrogens with zero attached hydrogens (tertiary/aromatic N) is 1. The fourth-order valence-corrected chi connectivity index (χ4v) is 3.36. The van der Waals surface area contributed by atoms with Gasteiger partial charge in [-0.25, -0.2) is 0 Å². The Morgan fingerprint density at radius 2 is 2.14 bits per heavy atom. The molecule has 1 aromatic rings. The average molecular weight is 291 g/mol. The molecule has 2 rings (SSSR count). The van der Waals surface area contributed by atoms with Gasteiger partial charge in [0.1, 0.15) is 5.75 Å². The molecular formula is C18H29NO2. The molecule has 0 radical (unpaired) electrons. The number of aliphatic hydroxyl groups is 1. The fourth-order valence-electron chi connectivity index (χ4n) is 3.36. The number of ether oxygens (including phenoxy) is 1. The maximum Gasteiger partial charge on any atom is 0.123 e. The van der Waals surface area contributed by atoms with Crippen LogP contribution in [0, 0.1) is 6.92 Å². The Kier molecular flexibility index (Phi) is 6.07. The van der Waals surface area contributed by atoms with E-state index in [0.29, 0.717) is 6.04 Å². The van der Waals surface area contributed by atoms with Crippen molar-refractivity contribution < 1.29 is 9.84 Å². The monoisotopic (exact) mass is 291 g/mol. The highest BCUT2D eigenvalue weighted by Gasteiger charge is 2.23. The summed E-state index contributed by atoms with van der Waals surface area (Å²) in [5, 5.41) is 9.77. The summed E-state index contributed by atoms with van der Waals surface area (Å²) in [4.78, 5) is 2.54. The minimum atomic E-state index is -0.227. The third-order valence-corrected chi connectivity index (χ3v) is 4.42. The Morgan fingerprint density at radius 3 is 2.86 bits per heavy atom. The summed E-state index contributed by atoms with van der Waals surface area (Å²) in [6.45, 7) is 6.06. The van der Waals surface area contributed by atoms with Crippen molar-refractivity contribution >= 4 is 0 Å². The molecule has 118 valence electrons. The predicted octanol–water partition coefficient (Wildman–Crippen LogP) is 3.52. The van der Waals surface area contributed by atoms with Crippen molar-refractivity contribution in [3.63, 3.8) is 0 Å². The lowest BCUT2D eigenvalue weighted by Crippen LogP contribution is -2.36. The van der Waals surface area contributed by atoms with Gasteiger partial charge in [-0.2, -0.15) is 0 Å². The normalized spacial score (nSPS) is 21.8. The van der Waals surface area contributed by atoms with Gasteiger partial charge in [-0.3, -0.25) is 4.90 Å².